The molecule has 4 heteroatoms. The Hall–Kier alpha value is -2.91. The molecule has 2 atom stereocenters. The van der Waals surface area contributed by atoms with Gasteiger partial charge in [0.1, 0.15) is 0 Å². The lowest BCUT2D eigenvalue weighted by molar-refractivity contribution is -0.123. The molecule has 0 radical (unpaired) electrons. The number of hydrogen-bond donors (Lipinski definition) is 0. The van der Waals surface area contributed by atoms with Crippen molar-refractivity contribution in [2.75, 3.05) is 4.90 Å². The van der Waals surface area contributed by atoms with E-state index in [9.17, 15) is 9.59 Å². The Morgan fingerprint density at radius 2 is 1.43 bits per heavy atom. The third-order valence-electron chi connectivity index (χ3n) is 7.52. The van der Waals surface area contributed by atoms with E-state index >= 15 is 0 Å². The van der Waals surface area contributed by atoms with Crippen LogP contribution in [0.15, 0.2) is 66.7 Å². The first-order chi connectivity index (χ1) is 14.5. The van der Waals surface area contributed by atoms with Gasteiger partial charge in [0, 0.05) is 16.4 Å². The second-order valence-corrected chi connectivity index (χ2v) is 9.16. The van der Waals surface area contributed by atoms with Gasteiger partial charge in [-0.25, -0.2) is 4.90 Å². The summed E-state index contributed by atoms with van der Waals surface area (Å²) in [5.41, 5.74) is 5.49. The first kappa shape index (κ1) is 17.9. The Labute approximate surface area is 180 Å². The minimum atomic E-state index is -0.541. The van der Waals surface area contributed by atoms with Crippen LogP contribution >= 0.6 is 11.6 Å². The summed E-state index contributed by atoms with van der Waals surface area (Å²) < 4.78 is 0. The summed E-state index contributed by atoms with van der Waals surface area (Å²) in [6.07, 6.45) is 0. The summed E-state index contributed by atoms with van der Waals surface area (Å²) in [6, 6.07) is 22.0. The van der Waals surface area contributed by atoms with Crippen LogP contribution in [-0.2, 0) is 15.0 Å². The fraction of sp³-hybridized carbons (Fsp3) is 0.231. The molecular formula is C26H20ClNO2. The van der Waals surface area contributed by atoms with Gasteiger partial charge in [-0.15, -0.1) is 0 Å². The summed E-state index contributed by atoms with van der Waals surface area (Å²) in [7, 11) is 0. The minimum absolute atomic E-state index is 0.106. The molecule has 3 aromatic carbocycles. The molecule has 3 aliphatic carbocycles. The highest BCUT2D eigenvalue weighted by Gasteiger charge is 2.66. The van der Waals surface area contributed by atoms with Crippen molar-refractivity contribution in [3.63, 3.8) is 0 Å². The molecule has 2 bridgehead atoms. The van der Waals surface area contributed by atoms with Gasteiger partial charge in [0.15, 0.2) is 0 Å². The van der Waals surface area contributed by atoms with Crippen molar-refractivity contribution in [3.8, 4) is 0 Å². The van der Waals surface area contributed by atoms with E-state index in [1.807, 2.05) is 37.3 Å². The van der Waals surface area contributed by atoms with Crippen LogP contribution in [0.5, 0.6) is 0 Å². The lowest BCUT2D eigenvalue weighted by Gasteiger charge is -2.52. The summed E-state index contributed by atoms with van der Waals surface area (Å²) in [5, 5.41) is 0.559. The van der Waals surface area contributed by atoms with Crippen LogP contribution in [0.1, 0.15) is 40.7 Å². The third kappa shape index (κ3) is 1.92. The predicted octanol–water partition coefficient (Wildman–Crippen LogP) is 5.22. The van der Waals surface area contributed by atoms with Crippen molar-refractivity contribution in [1.82, 2.24) is 0 Å². The van der Waals surface area contributed by atoms with E-state index in [1.54, 1.807) is 12.1 Å². The number of carbonyl (C=O) groups excluding carboxylic acids is 2. The summed E-state index contributed by atoms with van der Waals surface area (Å²) in [5.74, 6) is -1.16. The number of imide groups is 1. The maximum absolute atomic E-state index is 13.9. The zero-order valence-electron chi connectivity index (χ0n) is 16.7. The summed E-state index contributed by atoms with van der Waals surface area (Å²) in [6.45, 7) is 4.00. The molecule has 1 aliphatic heterocycles. The normalized spacial score (nSPS) is 28.4. The summed E-state index contributed by atoms with van der Waals surface area (Å²) >= 11 is 6.33. The van der Waals surface area contributed by atoms with E-state index in [2.05, 4.69) is 31.2 Å². The number of benzene rings is 3. The highest BCUT2D eigenvalue weighted by molar-refractivity contribution is 6.32. The van der Waals surface area contributed by atoms with Gasteiger partial charge < -0.3 is 0 Å². The highest BCUT2D eigenvalue weighted by atomic mass is 35.5. The van der Waals surface area contributed by atoms with E-state index in [4.69, 9.17) is 11.6 Å². The fourth-order valence-corrected chi connectivity index (χ4v) is 6.40. The quantitative estimate of drug-likeness (QED) is 0.513. The Morgan fingerprint density at radius 1 is 0.833 bits per heavy atom. The zero-order valence-corrected chi connectivity index (χ0v) is 17.5. The number of carbonyl (C=O) groups is 2. The van der Waals surface area contributed by atoms with Crippen LogP contribution in [0.3, 0.4) is 0 Å². The molecule has 1 fully saturated rings. The smallest absolute Gasteiger partial charge is 0.238 e. The topological polar surface area (TPSA) is 37.4 Å². The molecule has 3 nitrogen and oxygen atoms in total. The Kier molecular flexibility index (Phi) is 3.48. The van der Waals surface area contributed by atoms with E-state index in [-0.39, 0.29) is 17.7 Å². The first-order valence-corrected chi connectivity index (χ1v) is 10.7. The molecule has 0 aromatic heterocycles. The highest BCUT2D eigenvalue weighted by Crippen LogP contribution is 2.64. The van der Waals surface area contributed by atoms with Gasteiger partial charge in [0.05, 0.1) is 17.5 Å². The van der Waals surface area contributed by atoms with Crippen molar-refractivity contribution >= 4 is 29.1 Å². The number of hydrogen-bond acceptors (Lipinski definition) is 2. The van der Waals surface area contributed by atoms with E-state index in [0.717, 1.165) is 5.56 Å². The number of anilines is 1. The van der Waals surface area contributed by atoms with Crippen molar-refractivity contribution in [2.45, 2.75) is 25.2 Å². The lowest BCUT2D eigenvalue weighted by atomic mass is 9.48. The van der Waals surface area contributed by atoms with Crippen LogP contribution < -0.4 is 4.90 Å². The SMILES string of the molecule is Cc1c(Cl)cccc1N1C(=O)[C@H]2C3c4ccccc4C(C)(c4ccccc43)[C@H]2C1=O. The Morgan fingerprint density at radius 3 is 2.07 bits per heavy atom. The number of halogens is 1. The fourth-order valence-electron chi connectivity index (χ4n) is 6.23. The molecule has 0 spiro atoms. The minimum Gasteiger partial charge on any atom is -0.274 e. The maximum Gasteiger partial charge on any atom is 0.238 e. The molecule has 1 heterocycles. The van der Waals surface area contributed by atoms with Gasteiger partial charge in [-0.1, -0.05) is 73.1 Å². The molecule has 0 N–H and O–H groups in total. The van der Waals surface area contributed by atoms with Gasteiger partial charge in [0.2, 0.25) is 11.8 Å². The van der Waals surface area contributed by atoms with Gasteiger partial charge >= 0.3 is 0 Å². The predicted molar refractivity (Wildman–Crippen MR) is 117 cm³/mol. The molecule has 148 valence electrons. The third-order valence-corrected chi connectivity index (χ3v) is 7.93. The van der Waals surface area contributed by atoms with Gasteiger partial charge in [-0.2, -0.15) is 0 Å². The van der Waals surface area contributed by atoms with E-state index in [0.29, 0.717) is 10.7 Å². The number of nitrogens with zero attached hydrogens (tertiary/aromatic N) is 1. The molecule has 2 amide bonds. The zero-order chi connectivity index (χ0) is 20.8. The van der Waals surface area contributed by atoms with Crippen LogP contribution in [-0.4, -0.2) is 11.8 Å². The van der Waals surface area contributed by atoms with Crippen molar-refractivity contribution in [2.24, 2.45) is 11.8 Å². The van der Waals surface area contributed by atoms with Crippen LogP contribution in [0.2, 0.25) is 5.02 Å². The van der Waals surface area contributed by atoms with Gasteiger partial charge in [-0.05, 0) is 46.9 Å². The first-order valence-electron chi connectivity index (χ1n) is 10.3. The second-order valence-electron chi connectivity index (χ2n) is 8.75. The molecule has 1 saturated heterocycles. The van der Waals surface area contributed by atoms with E-state index in [1.165, 1.54) is 27.2 Å². The molecule has 7 rings (SSSR count). The monoisotopic (exact) mass is 413 g/mol. The number of rotatable bonds is 1. The lowest BCUT2D eigenvalue weighted by Crippen LogP contribution is -2.51. The largest absolute Gasteiger partial charge is 0.274 e. The van der Waals surface area contributed by atoms with Crippen molar-refractivity contribution in [1.29, 1.82) is 0 Å². The molecule has 0 unspecified atom stereocenters. The van der Waals surface area contributed by atoms with Crippen molar-refractivity contribution < 1.29 is 9.59 Å². The molecule has 3 aromatic rings. The Bertz CT molecular complexity index is 1220. The maximum atomic E-state index is 13.9. The van der Waals surface area contributed by atoms with Gasteiger partial charge in [-0.3, -0.25) is 9.59 Å². The van der Waals surface area contributed by atoms with Crippen LogP contribution in [0, 0.1) is 18.8 Å². The molecular weight excluding hydrogens is 394 g/mol. The van der Waals surface area contributed by atoms with Crippen molar-refractivity contribution in [3.05, 3.63) is 99.6 Å². The average Bonchev–Trinajstić information content (AvgIpc) is 3.02. The van der Waals surface area contributed by atoms with E-state index < -0.39 is 17.3 Å². The number of amides is 2. The summed E-state index contributed by atoms with van der Waals surface area (Å²) in [4.78, 5) is 29.1. The molecule has 4 aliphatic rings. The average molecular weight is 414 g/mol. The molecule has 0 saturated carbocycles. The standard InChI is InChI=1S/C26H20ClNO2/c1-14-19(27)12-7-13-20(14)28-24(29)22-21-15-8-3-5-10-17(15)26(2,23(22)25(28)30)18-11-6-4-9-16(18)21/h3-13,21-23H,1-2H3/t21?,22-,23+,26?/m0/s1. The second kappa shape index (κ2) is 5.83. The van der Waals surface area contributed by atoms with Gasteiger partial charge in [0.25, 0.3) is 0 Å². The molecule has 30 heavy (non-hydrogen) atoms. The Balaban J connectivity index is 1.63. The van der Waals surface area contributed by atoms with Crippen LogP contribution in [0.4, 0.5) is 5.69 Å². The van der Waals surface area contributed by atoms with Crippen LogP contribution in [0.25, 0.3) is 0 Å².